The molecule has 2 aromatic carbocycles. The van der Waals surface area contributed by atoms with E-state index in [-0.39, 0.29) is 26.7 Å². The number of halogens is 2. The number of esters is 1. The summed E-state index contributed by atoms with van der Waals surface area (Å²) in [6.45, 7) is 0. The lowest BCUT2D eigenvalue weighted by Gasteiger charge is -2.13. The number of fused-ring (bicyclic) bond motifs is 1. The summed E-state index contributed by atoms with van der Waals surface area (Å²) in [7, 11) is -1.89. The number of anilines is 1. The molecule has 0 fully saturated rings. The van der Waals surface area contributed by atoms with Crippen molar-refractivity contribution in [3.8, 4) is 5.75 Å². The van der Waals surface area contributed by atoms with Crippen molar-refractivity contribution in [3.63, 3.8) is 0 Å². The largest absolute Gasteiger partial charge is 0.495 e. The minimum absolute atomic E-state index is 0.0523. The third-order valence-electron chi connectivity index (χ3n) is 3.67. The van der Waals surface area contributed by atoms with Gasteiger partial charge in [0, 0.05) is 15.1 Å². The number of ether oxygens (including phenoxy) is 2. The number of benzene rings is 2. The van der Waals surface area contributed by atoms with E-state index in [1.807, 2.05) is 0 Å². The zero-order valence-corrected chi connectivity index (χ0v) is 16.5. The van der Waals surface area contributed by atoms with Gasteiger partial charge < -0.3 is 9.47 Å². The Morgan fingerprint density at radius 3 is 2.63 bits per heavy atom. The number of sulfonamides is 1. The van der Waals surface area contributed by atoms with Crippen LogP contribution in [-0.2, 0) is 14.8 Å². The highest BCUT2D eigenvalue weighted by Crippen LogP contribution is 2.39. The van der Waals surface area contributed by atoms with Crippen LogP contribution in [0.3, 0.4) is 0 Å². The van der Waals surface area contributed by atoms with Crippen LogP contribution in [0.4, 0.5) is 10.1 Å². The van der Waals surface area contributed by atoms with Crippen LogP contribution < -0.4 is 9.46 Å². The quantitative estimate of drug-likeness (QED) is 0.612. The molecule has 3 aromatic rings. The maximum atomic E-state index is 14.4. The molecule has 27 heavy (non-hydrogen) atoms. The van der Waals surface area contributed by atoms with Gasteiger partial charge in [-0.25, -0.2) is 17.6 Å². The molecule has 0 aliphatic carbocycles. The molecule has 0 saturated heterocycles. The smallest absolute Gasteiger partial charge is 0.349 e. The third-order valence-corrected chi connectivity index (χ3v) is 6.60. The Hall–Kier alpha value is -2.36. The summed E-state index contributed by atoms with van der Waals surface area (Å²) in [5.41, 5.74) is 0.0523. The molecule has 10 heteroatoms. The lowest BCUT2D eigenvalue weighted by Crippen LogP contribution is -2.17. The number of thiophene rings is 1. The second-order valence-electron chi connectivity index (χ2n) is 5.31. The standard InChI is InChI=1S/C17H13ClFNO5S2/c1-24-12-7-6-9(18)8-11(12)20-27(22,23)16-14-10(19)4-3-5-13(14)26-15(16)17(21)25-2/h3-8,20H,1-2H3. The predicted octanol–water partition coefficient (Wildman–Crippen LogP) is 4.29. The average Bonchev–Trinajstić information content (AvgIpc) is 3.03. The summed E-state index contributed by atoms with van der Waals surface area (Å²) in [6, 6.07) is 8.43. The van der Waals surface area contributed by atoms with Crippen molar-refractivity contribution in [1.82, 2.24) is 0 Å². The van der Waals surface area contributed by atoms with Gasteiger partial charge in [-0.05, 0) is 30.3 Å². The summed E-state index contributed by atoms with van der Waals surface area (Å²) in [4.78, 5) is 11.4. The summed E-state index contributed by atoms with van der Waals surface area (Å²) >= 11 is 6.76. The van der Waals surface area contributed by atoms with Crippen LogP contribution in [0.2, 0.25) is 5.02 Å². The fourth-order valence-electron chi connectivity index (χ4n) is 2.52. The fraction of sp³-hybridized carbons (Fsp3) is 0.118. The lowest BCUT2D eigenvalue weighted by atomic mass is 10.2. The minimum atomic E-state index is -4.37. The van der Waals surface area contributed by atoms with Crippen LogP contribution in [0, 0.1) is 5.82 Å². The SMILES string of the molecule is COC(=O)c1sc2cccc(F)c2c1S(=O)(=O)Nc1cc(Cl)ccc1OC. The zero-order valence-electron chi connectivity index (χ0n) is 14.1. The van der Waals surface area contributed by atoms with Crippen molar-refractivity contribution in [2.75, 3.05) is 18.9 Å². The molecule has 1 heterocycles. The van der Waals surface area contributed by atoms with Gasteiger partial charge in [0.2, 0.25) is 0 Å². The third kappa shape index (κ3) is 3.58. The van der Waals surface area contributed by atoms with E-state index in [4.69, 9.17) is 16.3 Å². The average molecular weight is 430 g/mol. The minimum Gasteiger partial charge on any atom is -0.495 e. The number of hydrogen-bond acceptors (Lipinski definition) is 6. The van der Waals surface area contributed by atoms with E-state index in [9.17, 15) is 17.6 Å². The van der Waals surface area contributed by atoms with Crippen molar-refractivity contribution < 1.29 is 27.1 Å². The molecular formula is C17H13ClFNO5S2. The van der Waals surface area contributed by atoms with Crippen LogP contribution in [0.5, 0.6) is 5.75 Å². The maximum absolute atomic E-state index is 14.4. The van der Waals surface area contributed by atoms with Crippen molar-refractivity contribution in [1.29, 1.82) is 0 Å². The van der Waals surface area contributed by atoms with Gasteiger partial charge in [0.05, 0.1) is 19.9 Å². The highest BCUT2D eigenvalue weighted by Gasteiger charge is 2.31. The molecular weight excluding hydrogens is 417 g/mol. The number of hydrogen-bond donors (Lipinski definition) is 1. The summed E-state index contributed by atoms with van der Waals surface area (Å²) < 4.78 is 53.0. The second-order valence-corrected chi connectivity index (χ2v) is 8.42. The summed E-state index contributed by atoms with van der Waals surface area (Å²) in [6.07, 6.45) is 0. The first kappa shape index (κ1) is 19.4. The molecule has 3 rings (SSSR count). The van der Waals surface area contributed by atoms with Gasteiger partial charge >= 0.3 is 5.97 Å². The van der Waals surface area contributed by atoms with Crippen LogP contribution in [0.25, 0.3) is 10.1 Å². The van der Waals surface area contributed by atoms with E-state index in [1.54, 1.807) is 0 Å². The fourth-order valence-corrected chi connectivity index (χ4v) is 5.59. The van der Waals surface area contributed by atoms with Crippen molar-refractivity contribution in [2.24, 2.45) is 0 Å². The molecule has 0 radical (unpaired) electrons. The predicted molar refractivity (Wildman–Crippen MR) is 102 cm³/mol. The molecule has 1 N–H and O–H groups in total. The second kappa shape index (κ2) is 7.34. The molecule has 0 unspecified atom stereocenters. The van der Waals surface area contributed by atoms with Crippen LogP contribution in [-0.4, -0.2) is 28.6 Å². The molecule has 0 aliphatic heterocycles. The highest BCUT2D eigenvalue weighted by molar-refractivity contribution is 7.93. The van der Waals surface area contributed by atoms with Gasteiger partial charge in [-0.1, -0.05) is 17.7 Å². The van der Waals surface area contributed by atoms with E-state index in [1.165, 1.54) is 37.4 Å². The van der Waals surface area contributed by atoms with Crippen LogP contribution in [0.1, 0.15) is 9.67 Å². The Morgan fingerprint density at radius 2 is 1.96 bits per heavy atom. The van der Waals surface area contributed by atoms with E-state index < -0.39 is 26.7 Å². The van der Waals surface area contributed by atoms with Crippen molar-refractivity contribution in [2.45, 2.75) is 4.90 Å². The molecule has 1 aromatic heterocycles. The maximum Gasteiger partial charge on any atom is 0.349 e. The number of rotatable bonds is 5. The first-order valence-corrected chi connectivity index (χ1v) is 10.1. The Labute approximate surface area is 163 Å². The Balaban J connectivity index is 2.24. The molecule has 0 atom stereocenters. The first-order valence-electron chi connectivity index (χ1n) is 7.44. The first-order chi connectivity index (χ1) is 12.8. The molecule has 0 aliphatic rings. The normalized spacial score (nSPS) is 11.4. The van der Waals surface area contributed by atoms with Crippen LogP contribution in [0.15, 0.2) is 41.3 Å². The Bertz CT molecular complexity index is 1140. The summed E-state index contributed by atoms with van der Waals surface area (Å²) in [5, 5.41) is 0.0828. The van der Waals surface area contributed by atoms with Gasteiger partial charge in [0.25, 0.3) is 10.0 Å². The van der Waals surface area contributed by atoms with E-state index >= 15 is 0 Å². The van der Waals surface area contributed by atoms with Gasteiger partial charge in [0.15, 0.2) is 0 Å². The van der Waals surface area contributed by atoms with E-state index in [0.717, 1.165) is 24.5 Å². The number of methoxy groups -OCH3 is 2. The van der Waals surface area contributed by atoms with E-state index in [2.05, 4.69) is 9.46 Å². The van der Waals surface area contributed by atoms with Gasteiger partial charge in [-0.15, -0.1) is 11.3 Å². The number of carbonyl (C=O) groups excluding carboxylic acids is 1. The molecule has 6 nitrogen and oxygen atoms in total. The lowest BCUT2D eigenvalue weighted by molar-refractivity contribution is 0.0602. The van der Waals surface area contributed by atoms with E-state index in [0.29, 0.717) is 4.70 Å². The topological polar surface area (TPSA) is 81.7 Å². The molecule has 0 bridgehead atoms. The summed E-state index contributed by atoms with van der Waals surface area (Å²) in [5.74, 6) is -1.44. The van der Waals surface area contributed by atoms with Gasteiger partial charge in [0.1, 0.15) is 21.3 Å². The zero-order chi connectivity index (χ0) is 19.8. The molecule has 0 amide bonds. The Kier molecular flexibility index (Phi) is 5.27. The molecule has 142 valence electrons. The molecule has 0 saturated carbocycles. The Morgan fingerprint density at radius 1 is 1.22 bits per heavy atom. The number of carbonyl (C=O) groups is 1. The monoisotopic (exact) mass is 429 g/mol. The van der Waals surface area contributed by atoms with Crippen LogP contribution >= 0.6 is 22.9 Å². The van der Waals surface area contributed by atoms with Crippen molar-refractivity contribution in [3.05, 3.63) is 52.1 Å². The molecule has 0 spiro atoms. The van der Waals surface area contributed by atoms with Gasteiger partial charge in [-0.2, -0.15) is 0 Å². The van der Waals surface area contributed by atoms with Gasteiger partial charge in [-0.3, -0.25) is 4.72 Å². The van der Waals surface area contributed by atoms with Crippen molar-refractivity contribution >= 4 is 54.7 Å². The highest BCUT2D eigenvalue weighted by atomic mass is 35.5. The number of nitrogens with one attached hydrogen (secondary N) is 1.